The van der Waals surface area contributed by atoms with Gasteiger partial charge in [0.05, 0.1) is 5.69 Å². The van der Waals surface area contributed by atoms with E-state index in [0.29, 0.717) is 19.0 Å². The number of hydrogen-bond donors (Lipinski definition) is 2. The Morgan fingerprint density at radius 2 is 1.61 bits per heavy atom. The predicted molar refractivity (Wildman–Crippen MR) is 170 cm³/mol. The molecule has 0 fully saturated rings. The summed E-state index contributed by atoms with van der Waals surface area (Å²) in [6.45, 7) is 11.2. The van der Waals surface area contributed by atoms with Crippen LogP contribution in [0.3, 0.4) is 0 Å². The van der Waals surface area contributed by atoms with Gasteiger partial charge in [0, 0.05) is 36.0 Å². The Kier molecular flexibility index (Phi) is 13.1. The molecule has 6 heteroatoms. The zero-order chi connectivity index (χ0) is 29.5. The fraction of sp³-hybridized carbons (Fsp3) is 0.514. The number of unbranched alkanes of at least 4 members (excludes halogenated alkanes) is 4. The molecule has 41 heavy (non-hydrogen) atoms. The number of carbonyl (C=O) groups is 1. The van der Waals surface area contributed by atoms with Crippen molar-refractivity contribution >= 4 is 11.8 Å². The van der Waals surface area contributed by atoms with Gasteiger partial charge in [-0.05, 0) is 70.2 Å². The van der Waals surface area contributed by atoms with Gasteiger partial charge in [-0.25, -0.2) is 14.8 Å². The molecular formula is C35H50N4O2. The summed E-state index contributed by atoms with van der Waals surface area (Å²) in [4.78, 5) is 21.9. The third-order valence-corrected chi connectivity index (χ3v) is 7.02. The number of alkyl carbamates (subject to hydrolysis) is 1. The lowest BCUT2D eigenvalue weighted by atomic mass is 10.00. The van der Waals surface area contributed by atoms with Crippen LogP contribution in [0.5, 0.6) is 0 Å². The maximum Gasteiger partial charge on any atom is 0.407 e. The summed E-state index contributed by atoms with van der Waals surface area (Å²) in [6.07, 6.45) is 10.2. The highest BCUT2D eigenvalue weighted by atomic mass is 16.6. The summed E-state index contributed by atoms with van der Waals surface area (Å²) in [5.74, 6) is 1.30. The quantitative estimate of drug-likeness (QED) is 0.172. The Labute approximate surface area is 247 Å². The highest BCUT2D eigenvalue weighted by Crippen LogP contribution is 2.26. The average molecular weight is 559 g/mol. The van der Waals surface area contributed by atoms with Crippen LogP contribution in [0.25, 0.3) is 11.3 Å². The number of aromatic nitrogens is 2. The van der Waals surface area contributed by atoms with Crippen molar-refractivity contribution in [2.24, 2.45) is 0 Å². The zero-order valence-corrected chi connectivity index (χ0v) is 25.8. The molecule has 1 aromatic heterocycles. The number of nitrogens with one attached hydrogen (secondary N) is 2. The number of rotatable bonds is 16. The van der Waals surface area contributed by atoms with Crippen LogP contribution in [-0.4, -0.2) is 34.8 Å². The second-order valence-corrected chi connectivity index (χ2v) is 12.0. The van der Waals surface area contributed by atoms with Crippen LogP contribution in [0.2, 0.25) is 0 Å². The summed E-state index contributed by atoms with van der Waals surface area (Å²) in [7, 11) is 0. The lowest BCUT2D eigenvalue weighted by Gasteiger charge is -2.19. The Morgan fingerprint density at radius 3 is 2.32 bits per heavy atom. The first kappa shape index (κ1) is 32.1. The number of carbonyl (C=O) groups excluding carboxylic acids is 1. The molecule has 2 aromatic carbocycles. The lowest BCUT2D eigenvalue weighted by molar-refractivity contribution is 0.0530. The van der Waals surface area contributed by atoms with Gasteiger partial charge in [0.2, 0.25) is 0 Å². The topological polar surface area (TPSA) is 76.1 Å². The Morgan fingerprint density at radius 1 is 0.878 bits per heavy atom. The van der Waals surface area contributed by atoms with Gasteiger partial charge in [-0.2, -0.15) is 0 Å². The number of ether oxygens (including phenoxy) is 1. The van der Waals surface area contributed by atoms with Gasteiger partial charge in [0.15, 0.2) is 0 Å². The van der Waals surface area contributed by atoms with E-state index in [1.165, 1.54) is 37.7 Å². The van der Waals surface area contributed by atoms with Crippen molar-refractivity contribution in [1.29, 1.82) is 0 Å². The van der Waals surface area contributed by atoms with E-state index in [1.54, 1.807) is 0 Å². The molecule has 1 unspecified atom stereocenters. The Bertz CT molecular complexity index is 1170. The average Bonchev–Trinajstić information content (AvgIpc) is 2.95. The highest BCUT2D eigenvalue weighted by molar-refractivity contribution is 5.67. The third-order valence-electron chi connectivity index (χ3n) is 7.02. The number of benzene rings is 2. The molecule has 0 aliphatic rings. The fourth-order valence-electron chi connectivity index (χ4n) is 4.76. The van der Waals surface area contributed by atoms with E-state index in [9.17, 15) is 4.79 Å². The maximum atomic E-state index is 11.8. The molecule has 1 amide bonds. The van der Waals surface area contributed by atoms with Crippen LogP contribution < -0.4 is 10.6 Å². The van der Waals surface area contributed by atoms with Crippen molar-refractivity contribution in [3.8, 4) is 11.3 Å². The molecule has 1 heterocycles. The normalized spacial score (nSPS) is 12.1. The smallest absolute Gasteiger partial charge is 0.407 e. The van der Waals surface area contributed by atoms with Crippen LogP contribution >= 0.6 is 0 Å². The minimum Gasteiger partial charge on any atom is -0.444 e. The van der Waals surface area contributed by atoms with E-state index in [0.717, 1.165) is 54.1 Å². The van der Waals surface area contributed by atoms with Gasteiger partial charge in [-0.3, -0.25) is 0 Å². The fourth-order valence-corrected chi connectivity index (χ4v) is 4.76. The summed E-state index contributed by atoms with van der Waals surface area (Å²) < 4.78 is 5.28. The van der Waals surface area contributed by atoms with Gasteiger partial charge in [-0.15, -0.1) is 0 Å². The summed E-state index contributed by atoms with van der Waals surface area (Å²) in [5, 5.41) is 6.14. The summed E-state index contributed by atoms with van der Waals surface area (Å²) in [6, 6.07) is 21.2. The van der Waals surface area contributed by atoms with E-state index < -0.39 is 11.7 Å². The van der Waals surface area contributed by atoms with Crippen molar-refractivity contribution in [2.45, 2.75) is 104 Å². The number of amides is 1. The molecule has 222 valence electrons. The van der Waals surface area contributed by atoms with Gasteiger partial charge in [-0.1, -0.05) is 88.4 Å². The molecule has 2 N–H and O–H groups in total. The van der Waals surface area contributed by atoms with Crippen molar-refractivity contribution in [1.82, 2.24) is 15.3 Å². The molecular weight excluding hydrogens is 508 g/mol. The first-order valence-electron chi connectivity index (χ1n) is 15.5. The summed E-state index contributed by atoms with van der Waals surface area (Å²) >= 11 is 0. The zero-order valence-electron chi connectivity index (χ0n) is 25.8. The van der Waals surface area contributed by atoms with Crippen LogP contribution in [0.1, 0.15) is 103 Å². The molecule has 6 nitrogen and oxygen atoms in total. The van der Waals surface area contributed by atoms with Gasteiger partial charge in [0.1, 0.15) is 11.4 Å². The Balaban J connectivity index is 1.64. The minimum atomic E-state index is -0.498. The molecule has 0 aliphatic heterocycles. The van der Waals surface area contributed by atoms with Crippen molar-refractivity contribution in [3.63, 3.8) is 0 Å². The molecule has 3 aromatic rings. The second-order valence-electron chi connectivity index (χ2n) is 12.0. The standard InChI is InChI=1S/C35H50N4O2/c1-6-7-8-9-11-15-27(2)33-38-31(19-14-18-28-16-12-10-13-17-28)26-32(39-33)29-20-22-30(23-21-29)36-24-25-37-34(40)41-35(3,4)5/h10,12-13,16-17,20-23,26-27,36H,6-9,11,14-15,18-19,24-25H2,1-5H3,(H,37,40). The molecule has 1 atom stereocenters. The summed E-state index contributed by atoms with van der Waals surface area (Å²) in [5.41, 5.74) is 5.06. The number of hydrogen-bond acceptors (Lipinski definition) is 5. The van der Waals surface area contributed by atoms with Gasteiger partial charge >= 0.3 is 6.09 Å². The molecule has 0 saturated carbocycles. The maximum absolute atomic E-state index is 11.8. The van der Waals surface area contributed by atoms with Crippen LogP contribution in [0.15, 0.2) is 60.7 Å². The SMILES string of the molecule is CCCCCCCC(C)c1nc(CCCc2ccccc2)cc(-c2ccc(NCCNC(=O)OC(C)(C)C)cc2)n1. The van der Waals surface area contributed by atoms with Crippen LogP contribution in [0, 0.1) is 0 Å². The van der Waals surface area contributed by atoms with E-state index >= 15 is 0 Å². The predicted octanol–water partition coefficient (Wildman–Crippen LogP) is 8.72. The third kappa shape index (κ3) is 12.3. The molecule has 0 saturated heterocycles. The monoisotopic (exact) mass is 558 g/mol. The van der Waals surface area contributed by atoms with E-state index in [1.807, 2.05) is 20.8 Å². The van der Waals surface area contributed by atoms with Crippen molar-refractivity contribution in [3.05, 3.63) is 77.7 Å². The van der Waals surface area contributed by atoms with Crippen molar-refractivity contribution < 1.29 is 9.53 Å². The molecule has 0 bridgehead atoms. The molecule has 0 radical (unpaired) electrons. The van der Waals surface area contributed by atoms with Gasteiger partial charge < -0.3 is 15.4 Å². The van der Waals surface area contributed by atoms with Crippen molar-refractivity contribution in [2.75, 3.05) is 18.4 Å². The largest absolute Gasteiger partial charge is 0.444 e. The van der Waals surface area contributed by atoms with Crippen LogP contribution in [0.4, 0.5) is 10.5 Å². The van der Waals surface area contributed by atoms with E-state index in [4.69, 9.17) is 14.7 Å². The van der Waals surface area contributed by atoms with E-state index in [2.05, 4.69) is 85.1 Å². The van der Waals surface area contributed by atoms with Crippen LogP contribution in [-0.2, 0) is 17.6 Å². The molecule has 3 rings (SSSR count). The van der Waals surface area contributed by atoms with Gasteiger partial charge in [0.25, 0.3) is 0 Å². The number of aryl methyl sites for hydroxylation is 2. The van der Waals surface area contributed by atoms with E-state index in [-0.39, 0.29) is 0 Å². The molecule has 0 aliphatic carbocycles. The Hall–Kier alpha value is -3.41. The number of nitrogens with zero attached hydrogens (tertiary/aromatic N) is 2. The lowest BCUT2D eigenvalue weighted by Crippen LogP contribution is -2.34. The second kappa shape index (κ2) is 16.8. The minimum absolute atomic E-state index is 0.336. The number of anilines is 1. The first-order valence-corrected chi connectivity index (χ1v) is 15.5. The molecule has 0 spiro atoms. The first-order chi connectivity index (χ1) is 19.7. The highest BCUT2D eigenvalue weighted by Gasteiger charge is 2.16.